The SMILES string of the molecule is COC(=O)c1cc(N)cnc1OCCC1CCCN1C. The van der Waals surface area contributed by atoms with Crippen molar-refractivity contribution in [2.24, 2.45) is 0 Å². The number of hydrogen-bond donors (Lipinski definition) is 1. The molecule has 0 radical (unpaired) electrons. The molecule has 1 fully saturated rings. The van der Waals surface area contributed by atoms with Crippen LogP contribution in [0, 0.1) is 0 Å². The van der Waals surface area contributed by atoms with E-state index >= 15 is 0 Å². The summed E-state index contributed by atoms with van der Waals surface area (Å²) in [5.74, 6) is -0.204. The minimum Gasteiger partial charge on any atom is -0.477 e. The predicted octanol–water partition coefficient (Wildman–Crippen LogP) is 1.31. The van der Waals surface area contributed by atoms with Crippen molar-refractivity contribution < 1.29 is 14.3 Å². The number of carbonyl (C=O) groups is 1. The first-order valence-electron chi connectivity index (χ1n) is 6.78. The second kappa shape index (κ2) is 6.56. The molecule has 1 aliphatic rings. The summed E-state index contributed by atoms with van der Waals surface area (Å²) in [7, 11) is 3.45. The number of likely N-dealkylation sites (tertiary alicyclic amines) is 1. The van der Waals surface area contributed by atoms with E-state index in [0.29, 0.717) is 18.3 Å². The molecular weight excluding hydrogens is 258 g/mol. The zero-order chi connectivity index (χ0) is 14.5. The van der Waals surface area contributed by atoms with Gasteiger partial charge in [-0.25, -0.2) is 9.78 Å². The van der Waals surface area contributed by atoms with Crippen LogP contribution in [0.2, 0.25) is 0 Å². The third-order valence-corrected chi connectivity index (χ3v) is 3.64. The average molecular weight is 279 g/mol. The fraction of sp³-hybridized carbons (Fsp3) is 0.571. The fourth-order valence-electron chi connectivity index (χ4n) is 2.48. The third kappa shape index (κ3) is 3.39. The number of nitrogen functional groups attached to an aromatic ring is 1. The number of ether oxygens (including phenoxy) is 2. The van der Waals surface area contributed by atoms with Gasteiger partial charge < -0.3 is 20.1 Å². The number of rotatable bonds is 5. The lowest BCUT2D eigenvalue weighted by Gasteiger charge is -2.19. The summed E-state index contributed by atoms with van der Waals surface area (Å²) < 4.78 is 10.3. The van der Waals surface area contributed by atoms with Gasteiger partial charge in [-0.3, -0.25) is 0 Å². The van der Waals surface area contributed by atoms with Crippen molar-refractivity contribution in [2.75, 3.05) is 33.0 Å². The van der Waals surface area contributed by atoms with Gasteiger partial charge in [-0.1, -0.05) is 0 Å². The number of nitrogens with two attached hydrogens (primary N) is 1. The molecule has 1 aromatic heterocycles. The van der Waals surface area contributed by atoms with E-state index in [1.807, 2.05) is 0 Å². The molecule has 1 atom stereocenters. The second-order valence-corrected chi connectivity index (χ2v) is 5.03. The number of methoxy groups -OCH3 is 1. The number of aromatic nitrogens is 1. The summed E-state index contributed by atoms with van der Waals surface area (Å²) in [6.45, 7) is 1.66. The van der Waals surface area contributed by atoms with E-state index in [1.165, 1.54) is 32.2 Å². The van der Waals surface area contributed by atoms with E-state index in [0.717, 1.165) is 13.0 Å². The van der Waals surface area contributed by atoms with Crippen LogP contribution in [0.25, 0.3) is 0 Å². The van der Waals surface area contributed by atoms with Gasteiger partial charge in [0.05, 0.1) is 25.6 Å². The average Bonchev–Trinajstić information content (AvgIpc) is 2.85. The number of hydrogen-bond acceptors (Lipinski definition) is 6. The van der Waals surface area contributed by atoms with E-state index < -0.39 is 5.97 Å². The van der Waals surface area contributed by atoms with E-state index in [2.05, 4.69) is 16.9 Å². The van der Waals surface area contributed by atoms with Crippen molar-refractivity contribution >= 4 is 11.7 Å². The Labute approximate surface area is 118 Å². The molecule has 20 heavy (non-hydrogen) atoms. The van der Waals surface area contributed by atoms with Gasteiger partial charge in [-0.15, -0.1) is 0 Å². The Morgan fingerprint density at radius 3 is 3.05 bits per heavy atom. The second-order valence-electron chi connectivity index (χ2n) is 5.03. The molecule has 0 aliphatic carbocycles. The van der Waals surface area contributed by atoms with Gasteiger partial charge >= 0.3 is 5.97 Å². The first-order chi connectivity index (χ1) is 9.61. The molecule has 1 unspecified atom stereocenters. The Morgan fingerprint density at radius 1 is 1.60 bits per heavy atom. The van der Waals surface area contributed by atoms with Crippen molar-refractivity contribution in [3.8, 4) is 5.88 Å². The van der Waals surface area contributed by atoms with Gasteiger partial charge in [-0.2, -0.15) is 0 Å². The zero-order valence-corrected chi connectivity index (χ0v) is 12.0. The van der Waals surface area contributed by atoms with Crippen LogP contribution < -0.4 is 10.5 Å². The molecule has 2 rings (SSSR count). The van der Waals surface area contributed by atoms with E-state index in [-0.39, 0.29) is 11.4 Å². The summed E-state index contributed by atoms with van der Waals surface area (Å²) in [5.41, 5.74) is 6.31. The van der Waals surface area contributed by atoms with Crippen molar-refractivity contribution in [1.82, 2.24) is 9.88 Å². The fourth-order valence-corrected chi connectivity index (χ4v) is 2.48. The summed E-state index contributed by atoms with van der Waals surface area (Å²) in [6, 6.07) is 2.07. The van der Waals surface area contributed by atoms with E-state index in [9.17, 15) is 4.79 Å². The topological polar surface area (TPSA) is 77.7 Å². The number of carbonyl (C=O) groups excluding carboxylic acids is 1. The first-order valence-corrected chi connectivity index (χ1v) is 6.78. The summed E-state index contributed by atoms with van der Waals surface area (Å²) in [5, 5.41) is 0. The van der Waals surface area contributed by atoms with E-state index in [1.54, 1.807) is 0 Å². The Bertz CT molecular complexity index is 479. The van der Waals surface area contributed by atoms with Crippen LogP contribution in [-0.4, -0.2) is 49.2 Å². The summed E-state index contributed by atoms with van der Waals surface area (Å²) in [6.07, 6.45) is 4.82. The van der Waals surface area contributed by atoms with Gasteiger partial charge in [-0.05, 0) is 38.9 Å². The van der Waals surface area contributed by atoms with Crippen LogP contribution in [0.4, 0.5) is 5.69 Å². The van der Waals surface area contributed by atoms with Gasteiger partial charge in [0.15, 0.2) is 0 Å². The molecule has 1 saturated heterocycles. The van der Waals surface area contributed by atoms with Crippen LogP contribution in [-0.2, 0) is 4.74 Å². The maximum absolute atomic E-state index is 11.7. The zero-order valence-electron chi connectivity index (χ0n) is 12.0. The molecule has 0 amide bonds. The lowest BCUT2D eigenvalue weighted by molar-refractivity contribution is 0.0594. The van der Waals surface area contributed by atoms with Crippen LogP contribution in [0.3, 0.4) is 0 Å². The van der Waals surface area contributed by atoms with Crippen molar-refractivity contribution in [3.63, 3.8) is 0 Å². The molecule has 1 aliphatic heterocycles. The highest BCUT2D eigenvalue weighted by atomic mass is 16.5. The minimum absolute atomic E-state index is 0.271. The first kappa shape index (κ1) is 14.6. The highest BCUT2D eigenvalue weighted by molar-refractivity contribution is 5.92. The number of pyridine rings is 1. The Balaban J connectivity index is 1.96. The lowest BCUT2D eigenvalue weighted by Crippen LogP contribution is -2.26. The minimum atomic E-state index is -0.488. The highest BCUT2D eigenvalue weighted by Crippen LogP contribution is 2.21. The molecule has 1 aromatic rings. The van der Waals surface area contributed by atoms with E-state index in [4.69, 9.17) is 15.2 Å². The quantitative estimate of drug-likeness (QED) is 0.819. The van der Waals surface area contributed by atoms with Crippen LogP contribution >= 0.6 is 0 Å². The molecule has 110 valence electrons. The van der Waals surface area contributed by atoms with Crippen LogP contribution in [0.5, 0.6) is 5.88 Å². The Hall–Kier alpha value is -1.82. The normalized spacial score (nSPS) is 19.0. The van der Waals surface area contributed by atoms with Crippen LogP contribution in [0.1, 0.15) is 29.6 Å². The van der Waals surface area contributed by atoms with Crippen molar-refractivity contribution in [2.45, 2.75) is 25.3 Å². The third-order valence-electron chi connectivity index (χ3n) is 3.64. The molecular formula is C14H21N3O3. The molecule has 0 saturated carbocycles. The van der Waals surface area contributed by atoms with Crippen LogP contribution in [0.15, 0.2) is 12.3 Å². The number of esters is 1. The van der Waals surface area contributed by atoms with Crippen molar-refractivity contribution in [1.29, 1.82) is 0 Å². The molecule has 2 heterocycles. The number of anilines is 1. The van der Waals surface area contributed by atoms with Crippen molar-refractivity contribution in [3.05, 3.63) is 17.8 Å². The van der Waals surface area contributed by atoms with Gasteiger partial charge in [0.2, 0.25) is 5.88 Å². The van der Waals surface area contributed by atoms with Gasteiger partial charge in [0, 0.05) is 6.04 Å². The highest BCUT2D eigenvalue weighted by Gasteiger charge is 2.21. The molecule has 6 heteroatoms. The Kier molecular flexibility index (Phi) is 4.79. The summed E-state index contributed by atoms with van der Waals surface area (Å²) in [4.78, 5) is 18.1. The Morgan fingerprint density at radius 2 is 2.40 bits per heavy atom. The lowest BCUT2D eigenvalue weighted by atomic mass is 10.1. The molecule has 0 spiro atoms. The number of nitrogens with zero attached hydrogens (tertiary/aromatic N) is 2. The monoisotopic (exact) mass is 279 g/mol. The predicted molar refractivity (Wildman–Crippen MR) is 75.8 cm³/mol. The molecule has 6 nitrogen and oxygen atoms in total. The maximum atomic E-state index is 11.7. The smallest absolute Gasteiger partial charge is 0.343 e. The molecule has 2 N–H and O–H groups in total. The standard InChI is InChI=1S/C14H21N3O3/c1-17-6-3-4-11(17)5-7-20-13-12(14(18)19-2)8-10(15)9-16-13/h8-9,11H,3-7,15H2,1-2H3. The van der Waals surface area contributed by atoms with Gasteiger partial charge in [0.1, 0.15) is 5.56 Å². The largest absolute Gasteiger partial charge is 0.477 e. The molecule has 0 aromatic carbocycles. The maximum Gasteiger partial charge on any atom is 0.343 e. The van der Waals surface area contributed by atoms with Gasteiger partial charge in [0.25, 0.3) is 0 Å². The summed E-state index contributed by atoms with van der Waals surface area (Å²) >= 11 is 0. The molecule has 0 bridgehead atoms.